The Hall–Kier alpha value is -3.51. The molecule has 3 aromatic rings. The first-order valence-electron chi connectivity index (χ1n) is 15.5. The van der Waals surface area contributed by atoms with E-state index >= 15 is 0 Å². The highest BCUT2D eigenvalue weighted by Crippen LogP contribution is 2.67. The van der Waals surface area contributed by atoms with Crippen molar-refractivity contribution in [1.82, 2.24) is 35.0 Å². The van der Waals surface area contributed by atoms with Crippen LogP contribution in [0.2, 0.25) is 0 Å². The largest absolute Gasteiger partial charge is 0.349 e. The van der Waals surface area contributed by atoms with Crippen LogP contribution in [0.5, 0.6) is 0 Å². The molecule has 4 fully saturated rings. The SMILES string of the molecule is CC(C)n1nccc1C(=O)N[C@@](C)(c1cn2ncc([C@H](NC(=O)CC3CC(F)(F)C3)C3CC3)cc2n1)C1C[C@@H]2[C@H](C1)C2(F)F. The van der Waals surface area contributed by atoms with E-state index in [1.807, 2.05) is 26.8 Å². The van der Waals surface area contributed by atoms with Gasteiger partial charge in [-0.15, -0.1) is 0 Å². The highest BCUT2D eigenvalue weighted by molar-refractivity contribution is 5.93. The fraction of sp³-hybridized carbons (Fsp3) is 0.645. The molecule has 1 unspecified atom stereocenters. The van der Waals surface area contributed by atoms with Crippen molar-refractivity contribution in [2.45, 2.75) is 95.2 Å². The Morgan fingerprint density at radius 2 is 1.82 bits per heavy atom. The van der Waals surface area contributed by atoms with Gasteiger partial charge in [0.2, 0.25) is 11.8 Å². The van der Waals surface area contributed by atoms with Gasteiger partial charge in [0.05, 0.1) is 29.7 Å². The van der Waals surface area contributed by atoms with Crippen molar-refractivity contribution >= 4 is 17.5 Å². The third-order valence-corrected chi connectivity index (χ3v) is 10.3. The van der Waals surface area contributed by atoms with Crippen molar-refractivity contribution in [2.24, 2.45) is 29.6 Å². The van der Waals surface area contributed by atoms with Gasteiger partial charge in [0, 0.05) is 43.3 Å². The van der Waals surface area contributed by atoms with Crippen molar-refractivity contribution in [2.75, 3.05) is 0 Å². The summed E-state index contributed by atoms with van der Waals surface area (Å²) in [6.45, 7) is 5.68. The molecule has 0 aromatic carbocycles. The van der Waals surface area contributed by atoms with Gasteiger partial charge in [-0.2, -0.15) is 10.2 Å². The Balaban J connectivity index is 1.16. The zero-order valence-corrected chi connectivity index (χ0v) is 24.9. The van der Waals surface area contributed by atoms with E-state index in [-0.39, 0.29) is 73.8 Å². The summed E-state index contributed by atoms with van der Waals surface area (Å²) < 4.78 is 58.2. The molecule has 2 amide bonds. The maximum Gasteiger partial charge on any atom is 0.270 e. The molecule has 0 bridgehead atoms. The van der Waals surface area contributed by atoms with Crippen LogP contribution in [0.25, 0.3) is 5.65 Å². The van der Waals surface area contributed by atoms with Crippen molar-refractivity contribution in [3.05, 3.63) is 47.7 Å². The molecule has 44 heavy (non-hydrogen) atoms. The van der Waals surface area contributed by atoms with E-state index in [9.17, 15) is 27.2 Å². The van der Waals surface area contributed by atoms with Crippen LogP contribution >= 0.6 is 0 Å². The predicted molar refractivity (Wildman–Crippen MR) is 151 cm³/mol. The van der Waals surface area contributed by atoms with E-state index < -0.39 is 29.2 Å². The van der Waals surface area contributed by atoms with E-state index in [0.29, 0.717) is 17.0 Å². The van der Waals surface area contributed by atoms with E-state index in [0.717, 1.165) is 18.4 Å². The number of rotatable bonds is 10. The molecular formula is C31H37F4N7O2. The van der Waals surface area contributed by atoms with Crippen LogP contribution in [0, 0.1) is 29.6 Å². The van der Waals surface area contributed by atoms with Crippen molar-refractivity contribution in [3.63, 3.8) is 0 Å². The van der Waals surface area contributed by atoms with Gasteiger partial charge in [0.1, 0.15) is 5.69 Å². The Labute approximate surface area is 252 Å². The second-order valence-corrected chi connectivity index (χ2v) is 13.9. The number of hydrogen-bond donors (Lipinski definition) is 2. The molecule has 0 radical (unpaired) electrons. The minimum atomic E-state index is -2.67. The van der Waals surface area contributed by atoms with E-state index in [4.69, 9.17) is 4.98 Å². The van der Waals surface area contributed by atoms with Crippen molar-refractivity contribution in [3.8, 4) is 0 Å². The molecule has 4 aliphatic rings. The average molecular weight is 616 g/mol. The van der Waals surface area contributed by atoms with Crippen molar-refractivity contribution < 1.29 is 27.2 Å². The Morgan fingerprint density at radius 1 is 1.11 bits per heavy atom. The first-order chi connectivity index (χ1) is 20.7. The Bertz CT molecular complexity index is 1590. The molecule has 4 aliphatic carbocycles. The molecule has 3 heterocycles. The monoisotopic (exact) mass is 615 g/mol. The van der Waals surface area contributed by atoms with Crippen LogP contribution in [-0.2, 0) is 10.3 Å². The average Bonchev–Trinajstić information content (AvgIpc) is 3.54. The summed E-state index contributed by atoms with van der Waals surface area (Å²) in [6, 6.07) is 3.11. The number of fused-ring (bicyclic) bond motifs is 2. The number of amides is 2. The summed E-state index contributed by atoms with van der Waals surface area (Å²) >= 11 is 0. The lowest BCUT2D eigenvalue weighted by molar-refractivity contribution is -0.134. The standard InChI is InChI=1S/C31H37F4N7O2/c1-16(2)42-23(6-7-36-42)28(44)40-29(3,20-10-21-22(11-20)31(21,34)35)24-15-41-25(38-24)9-19(14-37-41)27(18-4-5-18)39-26(43)8-17-12-30(32,33)13-17/h6-7,9,14-18,20-22,27H,4-5,8,10-13H2,1-3H3,(H,39,43)(H,40,44)/t20?,21-,22+,27-,29-/m1/s1. The van der Waals surface area contributed by atoms with Gasteiger partial charge in [-0.05, 0) is 81.9 Å². The maximum atomic E-state index is 14.2. The molecular weight excluding hydrogens is 578 g/mol. The van der Waals surface area contributed by atoms with Crippen LogP contribution in [0.15, 0.2) is 30.7 Å². The number of carbonyl (C=O) groups excluding carboxylic acids is 2. The van der Waals surface area contributed by atoms with Gasteiger partial charge in [0.15, 0.2) is 5.65 Å². The molecule has 236 valence electrons. The molecule has 3 aromatic heterocycles. The van der Waals surface area contributed by atoms with Gasteiger partial charge >= 0.3 is 0 Å². The van der Waals surface area contributed by atoms with Crippen LogP contribution < -0.4 is 10.6 Å². The molecule has 0 aliphatic heterocycles. The number of nitrogens with one attached hydrogen (secondary N) is 2. The van der Waals surface area contributed by atoms with Gasteiger partial charge in [-0.3, -0.25) is 14.3 Å². The number of nitrogens with zero attached hydrogens (tertiary/aromatic N) is 5. The first kappa shape index (κ1) is 29.2. The molecule has 9 nitrogen and oxygen atoms in total. The number of aromatic nitrogens is 5. The number of alkyl halides is 4. The molecule has 13 heteroatoms. The third-order valence-electron chi connectivity index (χ3n) is 10.3. The smallest absolute Gasteiger partial charge is 0.270 e. The minimum Gasteiger partial charge on any atom is -0.349 e. The first-order valence-corrected chi connectivity index (χ1v) is 15.5. The molecule has 2 N–H and O–H groups in total. The summed E-state index contributed by atoms with van der Waals surface area (Å²) in [5.74, 6) is -7.68. The summed E-state index contributed by atoms with van der Waals surface area (Å²) in [7, 11) is 0. The van der Waals surface area contributed by atoms with Crippen LogP contribution in [0.1, 0.15) is 99.5 Å². The third kappa shape index (κ3) is 5.05. The fourth-order valence-corrected chi connectivity index (χ4v) is 7.50. The van der Waals surface area contributed by atoms with Crippen LogP contribution in [-0.4, -0.2) is 48.0 Å². The number of hydrogen-bond acceptors (Lipinski definition) is 5. The van der Waals surface area contributed by atoms with Gasteiger partial charge < -0.3 is 10.6 Å². The second-order valence-electron chi connectivity index (χ2n) is 13.9. The van der Waals surface area contributed by atoms with Crippen molar-refractivity contribution in [1.29, 1.82) is 0 Å². The zero-order valence-electron chi connectivity index (χ0n) is 24.9. The van der Waals surface area contributed by atoms with E-state index in [1.54, 1.807) is 33.9 Å². The van der Waals surface area contributed by atoms with Gasteiger partial charge in [-0.1, -0.05) is 0 Å². The highest BCUT2D eigenvalue weighted by atomic mass is 19.3. The predicted octanol–water partition coefficient (Wildman–Crippen LogP) is 5.45. The highest BCUT2D eigenvalue weighted by Gasteiger charge is 2.73. The van der Waals surface area contributed by atoms with E-state index in [1.165, 1.54) is 0 Å². The summed E-state index contributed by atoms with van der Waals surface area (Å²) in [4.78, 5) is 31.3. The fourth-order valence-electron chi connectivity index (χ4n) is 7.50. The Morgan fingerprint density at radius 3 is 2.45 bits per heavy atom. The van der Waals surface area contributed by atoms with Crippen LogP contribution in [0.3, 0.4) is 0 Å². The lowest BCUT2D eigenvalue weighted by Gasteiger charge is -2.36. The normalized spacial score (nSPS) is 27.4. The molecule has 0 saturated heterocycles. The number of halogens is 4. The molecule has 0 spiro atoms. The molecule has 5 atom stereocenters. The maximum absolute atomic E-state index is 14.2. The van der Waals surface area contributed by atoms with Crippen LogP contribution in [0.4, 0.5) is 17.6 Å². The number of imidazole rings is 1. The summed E-state index contributed by atoms with van der Waals surface area (Å²) in [6.07, 6.45) is 6.92. The lowest BCUT2D eigenvalue weighted by Crippen LogP contribution is -2.50. The second kappa shape index (κ2) is 10.00. The lowest BCUT2D eigenvalue weighted by atomic mass is 9.79. The summed E-state index contributed by atoms with van der Waals surface area (Å²) in [5.41, 5.74) is 1.08. The Kier molecular flexibility index (Phi) is 6.64. The topological polar surface area (TPSA) is 106 Å². The summed E-state index contributed by atoms with van der Waals surface area (Å²) in [5, 5.41) is 15.0. The molecule has 4 saturated carbocycles. The quantitative estimate of drug-likeness (QED) is 0.295. The van der Waals surface area contributed by atoms with Gasteiger partial charge in [0.25, 0.3) is 11.8 Å². The molecule has 7 rings (SSSR count). The van der Waals surface area contributed by atoms with Gasteiger partial charge in [-0.25, -0.2) is 27.1 Å². The van der Waals surface area contributed by atoms with E-state index in [2.05, 4.69) is 20.8 Å². The zero-order chi connectivity index (χ0) is 31.2. The minimum absolute atomic E-state index is 0.0535. The number of carbonyl (C=O) groups is 2.